The summed E-state index contributed by atoms with van der Waals surface area (Å²) in [4.78, 5) is 23.7. The minimum absolute atomic E-state index is 0.0636. The molecule has 0 atom stereocenters. The summed E-state index contributed by atoms with van der Waals surface area (Å²) in [5.41, 5.74) is 3.56. The number of amidine groups is 1. The maximum Gasteiger partial charge on any atom is 0.269 e. The fourth-order valence-electron chi connectivity index (χ4n) is 3.59. The van der Waals surface area contributed by atoms with Crippen molar-refractivity contribution >= 4 is 46.0 Å². The standard InChI is InChI=1S/C24H25N3O2S2/c1-6-11-27-22(29)21(23-26(5)18-9-7-8-10-20(18)30-23)31-24(27)25-17-13-16(14(2)3)19(28)12-15(17)4/h6-10,12-14,28H,1,11H2,2-5H3/b23-21-,25-24?. The molecule has 160 valence electrons. The second-order valence-electron chi connectivity index (χ2n) is 7.82. The van der Waals surface area contributed by atoms with Crippen LogP contribution in [0.5, 0.6) is 5.75 Å². The number of carbonyl (C=O) groups excluding carboxylic acids is 1. The number of hydrogen-bond acceptors (Lipinski definition) is 6. The molecule has 2 aliphatic rings. The third-order valence-corrected chi connectivity index (χ3v) is 7.72. The summed E-state index contributed by atoms with van der Waals surface area (Å²) in [6.45, 7) is 10.2. The second-order valence-corrected chi connectivity index (χ2v) is 9.82. The van der Waals surface area contributed by atoms with Crippen molar-refractivity contribution in [3.8, 4) is 5.75 Å². The maximum atomic E-state index is 13.3. The highest BCUT2D eigenvalue weighted by atomic mass is 32.2. The number of fused-ring (bicyclic) bond motifs is 1. The number of nitrogens with zero attached hydrogens (tertiary/aromatic N) is 3. The van der Waals surface area contributed by atoms with Crippen LogP contribution in [0.1, 0.15) is 30.9 Å². The molecule has 0 bridgehead atoms. The van der Waals surface area contributed by atoms with Crippen molar-refractivity contribution in [1.82, 2.24) is 4.90 Å². The number of phenolic OH excluding ortho intramolecular Hbond substituents is 1. The molecule has 2 aliphatic heterocycles. The van der Waals surface area contributed by atoms with Crippen LogP contribution < -0.4 is 4.90 Å². The quantitative estimate of drug-likeness (QED) is 0.457. The third kappa shape index (κ3) is 3.88. The summed E-state index contributed by atoms with van der Waals surface area (Å²) in [6.07, 6.45) is 1.71. The Hall–Kier alpha value is -2.64. The van der Waals surface area contributed by atoms with Crippen LogP contribution in [0.25, 0.3) is 0 Å². The Morgan fingerprint density at radius 2 is 1.97 bits per heavy atom. The first-order chi connectivity index (χ1) is 14.8. The normalized spacial score (nSPS) is 19.6. The van der Waals surface area contributed by atoms with Gasteiger partial charge in [0.15, 0.2) is 5.17 Å². The first-order valence-electron chi connectivity index (χ1n) is 10.1. The lowest BCUT2D eigenvalue weighted by molar-refractivity contribution is -0.121. The van der Waals surface area contributed by atoms with Crippen molar-refractivity contribution in [2.24, 2.45) is 4.99 Å². The minimum atomic E-state index is -0.0636. The summed E-state index contributed by atoms with van der Waals surface area (Å²) >= 11 is 3.00. The van der Waals surface area contributed by atoms with Crippen molar-refractivity contribution in [1.29, 1.82) is 0 Å². The molecule has 0 radical (unpaired) electrons. The Bertz CT molecular complexity index is 1140. The van der Waals surface area contributed by atoms with Gasteiger partial charge in [0.2, 0.25) is 0 Å². The van der Waals surface area contributed by atoms with Crippen LogP contribution in [0.15, 0.2) is 68.9 Å². The smallest absolute Gasteiger partial charge is 0.269 e. The van der Waals surface area contributed by atoms with E-state index in [9.17, 15) is 9.90 Å². The van der Waals surface area contributed by atoms with Gasteiger partial charge in [-0.25, -0.2) is 4.99 Å². The molecule has 0 spiro atoms. The van der Waals surface area contributed by atoms with E-state index in [0.29, 0.717) is 16.6 Å². The van der Waals surface area contributed by atoms with E-state index in [1.807, 2.05) is 46.0 Å². The number of rotatable bonds is 4. The molecule has 2 aromatic rings. The molecule has 1 amide bonds. The van der Waals surface area contributed by atoms with Gasteiger partial charge in [-0.3, -0.25) is 9.69 Å². The Labute approximate surface area is 191 Å². The van der Waals surface area contributed by atoms with Crippen LogP contribution in [-0.4, -0.2) is 34.7 Å². The monoisotopic (exact) mass is 451 g/mol. The van der Waals surface area contributed by atoms with Gasteiger partial charge in [0.1, 0.15) is 10.7 Å². The number of para-hydroxylation sites is 1. The van der Waals surface area contributed by atoms with Crippen molar-refractivity contribution in [3.63, 3.8) is 0 Å². The number of carbonyl (C=O) groups is 1. The average molecular weight is 452 g/mol. The zero-order valence-corrected chi connectivity index (χ0v) is 19.7. The van der Waals surface area contributed by atoms with Crippen molar-refractivity contribution in [2.75, 3.05) is 18.5 Å². The van der Waals surface area contributed by atoms with Crippen LogP contribution in [-0.2, 0) is 4.79 Å². The van der Waals surface area contributed by atoms with Gasteiger partial charge in [-0.2, -0.15) is 0 Å². The Balaban J connectivity index is 1.77. The fraction of sp³-hybridized carbons (Fsp3) is 0.250. The molecular formula is C24H25N3O2S2. The van der Waals surface area contributed by atoms with Crippen molar-refractivity contribution in [2.45, 2.75) is 31.6 Å². The summed E-state index contributed by atoms with van der Waals surface area (Å²) < 4.78 is 0. The molecule has 0 aliphatic carbocycles. The van der Waals surface area contributed by atoms with E-state index in [4.69, 9.17) is 4.99 Å². The summed E-state index contributed by atoms with van der Waals surface area (Å²) in [6, 6.07) is 11.8. The minimum Gasteiger partial charge on any atom is -0.508 e. The van der Waals surface area contributed by atoms with Gasteiger partial charge in [0.05, 0.1) is 16.4 Å². The van der Waals surface area contributed by atoms with Gasteiger partial charge in [-0.1, -0.05) is 43.8 Å². The summed E-state index contributed by atoms with van der Waals surface area (Å²) in [5.74, 6) is 0.381. The molecule has 0 saturated carbocycles. The highest BCUT2D eigenvalue weighted by Gasteiger charge is 2.38. The van der Waals surface area contributed by atoms with Gasteiger partial charge in [-0.05, 0) is 60.0 Å². The lowest BCUT2D eigenvalue weighted by atomic mass is 9.99. The van der Waals surface area contributed by atoms with Crippen molar-refractivity contribution in [3.05, 3.63) is 70.1 Å². The number of thioether (sulfide) groups is 2. The molecule has 7 heteroatoms. The van der Waals surface area contributed by atoms with E-state index in [2.05, 4.69) is 23.6 Å². The molecule has 0 aromatic heterocycles. The molecule has 0 unspecified atom stereocenters. The topological polar surface area (TPSA) is 56.1 Å². The molecule has 4 rings (SSSR count). The average Bonchev–Trinajstić information content (AvgIpc) is 3.22. The van der Waals surface area contributed by atoms with Crippen LogP contribution in [0.3, 0.4) is 0 Å². The van der Waals surface area contributed by atoms with Gasteiger partial charge >= 0.3 is 0 Å². The van der Waals surface area contributed by atoms with Crippen LogP contribution in [0.4, 0.5) is 11.4 Å². The Kier molecular flexibility index (Phi) is 5.90. The highest BCUT2D eigenvalue weighted by molar-refractivity contribution is 8.19. The van der Waals surface area contributed by atoms with Gasteiger partial charge < -0.3 is 10.0 Å². The van der Waals surface area contributed by atoms with E-state index in [1.165, 1.54) is 11.8 Å². The van der Waals surface area contributed by atoms with Gasteiger partial charge in [0, 0.05) is 18.5 Å². The molecule has 31 heavy (non-hydrogen) atoms. The Morgan fingerprint density at radius 3 is 2.65 bits per heavy atom. The summed E-state index contributed by atoms with van der Waals surface area (Å²) in [7, 11) is 1.99. The van der Waals surface area contributed by atoms with Gasteiger partial charge in [-0.15, -0.1) is 6.58 Å². The van der Waals surface area contributed by atoms with E-state index in [-0.39, 0.29) is 17.6 Å². The number of hydrogen-bond donors (Lipinski definition) is 1. The maximum absolute atomic E-state index is 13.3. The SMILES string of the molecule is C=CCN1C(=O)/C(=C2/Sc3ccccc3N2C)SC1=Nc1cc(C(C)C)c(O)cc1C. The number of aliphatic imine (C=N–C) groups is 1. The molecule has 1 saturated heterocycles. The summed E-state index contributed by atoms with van der Waals surface area (Å²) in [5, 5.41) is 11.8. The molecule has 5 nitrogen and oxygen atoms in total. The lowest BCUT2D eigenvalue weighted by Gasteiger charge is -2.15. The number of phenols is 1. The number of anilines is 1. The molecule has 1 N–H and O–H groups in total. The Morgan fingerprint density at radius 1 is 1.23 bits per heavy atom. The predicted octanol–water partition coefficient (Wildman–Crippen LogP) is 5.98. The van der Waals surface area contributed by atoms with Crippen LogP contribution >= 0.6 is 23.5 Å². The van der Waals surface area contributed by atoms with Crippen LogP contribution in [0, 0.1) is 6.92 Å². The first-order valence-corrected chi connectivity index (χ1v) is 11.7. The zero-order valence-electron chi connectivity index (χ0n) is 18.0. The van der Waals surface area contributed by atoms with E-state index in [0.717, 1.165) is 32.4 Å². The number of benzene rings is 2. The van der Waals surface area contributed by atoms with Crippen LogP contribution in [0.2, 0.25) is 0 Å². The molecule has 1 fully saturated rings. The predicted molar refractivity (Wildman–Crippen MR) is 131 cm³/mol. The highest BCUT2D eigenvalue weighted by Crippen LogP contribution is 2.50. The zero-order chi connectivity index (χ0) is 22.3. The van der Waals surface area contributed by atoms with Gasteiger partial charge in [0.25, 0.3) is 5.91 Å². The first kappa shape index (κ1) is 21.6. The fourth-order valence-corrected chi connectivity index (χ4v) is 5.94. The number of aryl methyl sites for hydroxylation is 1. The third-order valence-electron chi connectivity index (χ3n) is 5.29. The van der Waals surface area contributed by atoms with E-state index >= 15 is 0 Å². The molecule has 2 aromatic carbocycles. The molecule has 2 heterocycles. The molecular weight excluding hydrogens is 426 g/mol. The number of aromatic hydroxyl groups is 1. The van der Waals surface area contributed by atoms with E-state index in [1.54, 1.807) is 28.8 Å². The lowest BCUT2D eigenvalue weighted by Crippen LogP contribution is -2.29. The van der Waals surface area contributed by atoms with Crippen molar-refractivity contribution < 1.29 is 9.90 Å². The van der Waals surface area contributed by atoms with E-state index < -0.39 is 0 Å². The second kappa shape index (κ2) is 8.48. The number of amides is 1. The largest absolute Gasteiger partial charge is 0.508 e.